The Morgan fingerprint density at radius 3 is 2.79 bits per heavy atom. The van der Waals surface area contributed by atoms with Gasteiger partial charge in [0, 0.05) is 18.2 Å². The molecule has 0 saturated carbocycles. The van der Waals surface area contributed by atoms with Gasteiger partial charge in [-0.3, -0.25) is 0 Å². The van der Waals surface area contributed by atoms with Crippen LogP contribution in [0.2, 0.25) is 0 Å². The number of hydrogen-bond donors (Lipinski definition) is 1. The van der Waals surface area contributed by atoms with Gasteiger partial charge in [-0.1, -0.05) is 6.92 Å². The fraction of sp³-hybridized carbons (Fsp3) is 0.600. The zero-order valence-corrected chi connectivity index (χ0v) is 8.84. The van der Waals surface area contributed by atoms with E-state index in [4.69, 9.17) is 0 Å². The highest BCUT2D eigenvalue weighted by atomic mass is 19.1. The predicted octanol–water partition coefficient (Wildman–Crippen LogP) is 2.12. The molecule has 0 amide bonds. The summed E-state index contributed by atoms with van der Waals surface area (Å²) >= 11 is 0. The fourth-order valence-electron chi connectivity index (χ4n) is 1.15. The second-order valence-electron chi connectivity index (χ2n) is 3.36. The maximum Gasteiger partial charge on any atom is 0.130 e. The lowest BCUT2D eigenvalue weighted by molar-refractivity contribution is 0.459. The van der Waals surface area contributed by atoms with E-state index in [0.29, 0.717) is 5.82 Å². The molecule has 1 atom stereocenters. The summed E-state index contributed by atoms with van der Waals surface area (Å²) in [5.74, 6) is 1.50. The van der Waals surface area contributed by atoms with Crippen LogP contribution in [0, 0.1) is 6.92 Å². The molecule has 0 aliphatic rings. The SMILES string of the molecule is CCc1nc(C)cc(NC(C)CF)n1. The Kier molecular flexibility index (Phi) is 3.80. The maximum atomic E-state index is 12.2. The molecule has 0 spiro atoms. The molecular formula is C10H16FN3. The van der Waals surface area contributed by atoms with Crippen LogP contribution in [-0.4, -0.2) is 22.7 Å². The highest BCUT2D eigenvalue weighted by molar-refractivity contribution is 5.36. The summed E-state index contributed by atoms with van der Waals surface area (Å²) in [7, 11) is 0. The number of aryl methyl sites for hydroxylation is 2. The van der Waals surface area contributed by atoms with Gasteiger partial charge in [0.2, 0.25) is 0 Å². The Morgan fingerprint density at radius 2 is 2.21 bits per heavy atom. The molecule has 1 N–H and O–H groups in total. The predicted molar refractivity (Wildman–Crippen MR) is 55.2 cm³/mol. The van der Waals surface area contributed by atoms with Crippen LogP contribution in [0.25, 0.3) is 0 Å². The molecule has 1 unspecified atom stereocenters. The lowest BCUT2D eigenvalue weighted by Crippen LogP contribution is -2.18. The van der Waals surface area contributed by atoms with Gasteiger partial charge in [-0.25, -0.2) is 14.4 Å². The van der Waals surface area contributed by atoms with Crippen molar-refractivity contribution in [1.29, 1.82) is 0 Å². The largest absolute Gasteiger partial charge is 0.365 e. The molecule has 0 bridgehead atoms. The monoisotopic (exact) mass is 197 g/mol. The van der Waals surface area contributed by atoms with Crippen LogP contribution in [0.3, 0.4) is 0 Å². The zero-order chi connectivity index (χ0) is 10.6. The molecule has 78 valence electrons. The van der Waals surface area contributed by atoms with E-state index in [1.165, 1.54) is 0 Å². The smallest absolute Gasteiger partial charge is 0.130 e. The van der Waals surface area contributed by atoms with Gasteiger partial charge < -0.3 is 5.32 Å². The van der Waals surface area contributed by atoms with Gasteiger partial charge in [0.05, 0.1) is 6.04 Å². The molecule has 1 heterocycles. The van der Waals surface area contributed by atoms with Crippen LogP contribution < -0.4 is 5.32 Å². The number of nitrogens with zero attached hydrogens (tertiary/aromatic N) is 2. The number of aromatic nitrogens is 2. The number of rotatable bonds is 4. The Morgan fingerprint density at radius 1 is 1.50 bits per heavy atom. The molecule has 0 saturated heterocycles. The van der Waals surface area contributed by atoms with Gasteiger partial charge in [0.1, 0.15) is 18.3 Å². The van der Waals surface area contributed by atoms with Gasteiger partial charge in [0.25, 0.3) is 0 Å². The van der Waals surface area contributed by atoms with Crippen LogP contribution in [0.15, 0.2) is 6.07 Å². The highest BCUT2D eigenvalue weighted by Gasteiger charge is 2.04. The molecular weight excluding hydrogens is 181 g/mol. The fourth-order valence-corrected chi connectivity index (χ4v) is 1.15. The zero-order valence-electron chi connectivity index (χ0n) is 8.84. The highest BCUT2D eigenvalue weighted by Crippen LogP contribution is 2.08. The van der Waals surface area contributed by atoms with Crippen LogP contribution in [0.1, 0.15) is 25.4 Å². The first-order valence-corrected chi connectivity index (χ1v) is 4.82. The van der Waals surface area contributed by atoms with E-state index in [1.54, 1.807) is 6.92 Å². The third-order valence-electron chi connectivity index (χ3n) is 1.84. The minimum Gasteiger partial charge on any atom is -0.365 e. The van der Waals surface area contributed by atoms with E-state index in [2.05, 4.69) is 15.3 Å². The second-order valence-corrected chi connectivity index (χ2v) is 3.36. The molecule has 0 radical (unpaired) electrons. The number of hydrogen-bond acceptors (Lipinski definition) is 3. The molecule has 0 aromatic carbocycles. The number of nitrogens with one attached hydrogen (secondary N) is 1. The summed E-state index contributed by atoms with van der Waals surface area (Å²) in [5, 5.41) is 2.98. The molecule has 1 aromatic heterocycles. The van der Waals surface area contributed by atoms with Crippen molar-refractivity contribution in [1.82, 2.24) is 9.97 Å². The van der Waals surface area contributed by atoms with Gasteiger partial charge in [-0.05, 0) is 13.8 Å². The molecule has 4 heteroatoms. The molecule has 1 rings (SSSR count). The maximum absolute atomic E-state index is 12.2. The van der Waals surface area contributed by atoms with Gasteiger partial charge >= 0.3 is 0 Å². The van der Waals surface area contributed by atoms with E-state index < -0.39 is 6.67 Å². The first-order valence-electron chi connectivity index (χ1n) is 4.82. The van der Waals surface area contributed by atoms with Crippen molar-refractivity contribution in [3.8, 4) is 0 Å². The summed E-state index contributed by atoms with van der Waals surface area (Å²) < 4.78 is 12.2. The van der Waals surface area contributed by atoms with E-state index in [1.807, 2.05) is 19.9 Å². The summed E-state index contributed by atoms with van der Waals surface area (Å²) in [4.78, 5) is 8.49. The first kappa shape index (κ1) is 10.9. The van der Waals surface area contributed by atoms with Crippen LogP contribution in [0.5, 0.6) is 0 Å². The molecule has 3 nitrogen and oxygen atoms in total. The standard InChI is InChI=1S/C10H16FN3/c1-4-9-12-7(2)5-10(14-9)13-8(3)6-11/h5,8H,4,6H2,1-3H3,(H,12,13,14). The van der Waals surface area contributed by atoms with E-state index in [0.717, 1.165) is 17.9 Å². The van der Waals surface area contributed by atoms with E-state index in [9.17, 15) is 4.39 Å². The van der Waals surface area contributed by atoms with Crippen LogP contribution in [-0.2, 0) is 6.42 Å². The van der Waals surface area contributed by atoms with Crippen molar-refractivity contribution in [3.05, 3.63) is 17.6 Å². The van der Waals surface area contributed by atoms with Crippen molar-refractivity contribution in [3.63, 3.8) is 0 Å². The van der Waals surface area contributed by atoms with Crippen molar-refractivity contribution in [2.75, 3.05) is 12.0 Å². The Balaban J connectivity index is 2.81. The second kappa shape index (κ2) is 4.88. The third-order valence-corrected chi connectivity index (χ3v) is 1.84. The van der Waals surface area contributed by atoms with Crippen LogP contribution in [0.4, 0.5) is 10.2 Å². The van der Waals surface area contributed by atoms with Crippen molar-refractivity contribution < 1.29 is 4.39 Å². The summed E-state index contributed by atoms with van der Waals surface area (Å²) in [6.07, 6.45) is 0.792. The van der Waals surface area contributed by atoms with Crippen molar-refractivity contribution in [2.45, 2.75) is 33.2 Å². The minimum atomic E-state index is -0.398. The number of alkyl halides is 1. The molecule has 0 aliphatic heterocycles. The summed E-state index contributed by atoms with van der Waals surface area (Å²) in [6, 6.07) is 1.62. The van der Waals surface area contributed by atoms with Crippen LogP contribution >= 0.6 is 0 Å². The summed E-state index contributed by atoms with van der Waals surface area (Å²) in [5.41, 5.74) is 0.908. The van der Waals surface area contributed by atoms with Gasteiger partial charge in [-0.15, -0.1) is 0 Å². The first-order chi connectivity index (χ1) is 6.65. The topological polar surface area (TPSA) is 37.8 Å². The Labute approximate surface area is 83.8 Å². The number of halogens is 1. The van der Waals surface area contributed by atoms with E-state index >= 15 is 0 Å². The average molecular weight is 197 g/mol. The lowest BCUT2D eigenvalue weighted by Gasteiger charge is -2.11. The van der Waals surface area contributed by atoms with Gasteiger partial charge in [0.15, 0.2) is 0 Å². The Bertz CT molecular complexity index is 301. The molecule has 0 aliphatic carbocycles. The summed E-state index contributed by atoms with van der Waals surface area (Å²) in [6.45, 7) is 5.29. The minimum absolute atomic E-state index is 0.200. The third kappa shape index (κ3) is 2.94. The quantitative estimate of drug-likeness (QED) is 0.803. The lowest BCUT2D eigenvalue weighted by atomic mass is 10.3. The Hall–Kier alpha value is -1.19. The molecule has 0 fully saturated rings. The molecule has 14 heavy (non-hydrogen) atoms. The van der Waals surface area contributed by atoms with E-state index in [-0.39, 0.29) is 6.04 Å². The number of anilines is 1. The van der Waals surface area contributed by atoms with Crippen molar-refractivity contribution in [2.24, 2.45) is 0 Å². The average Bonchev–Trinajstić information content (AvgIpc) is 2.16. The van der Waals surface area contributed by atoms with Crippen molar-refractivity contribution >= 4 is 5.82 Å². The van der Waals surface area contributed by atoms with Gasteiger partial charge in [-0.2, -0.15) is 0 Å². The molecule has 1 aromatic rings. The normalized spacial score (nSPS) is 12.6.